The fourth-order valence-corrected chi connectivity index (χ4v) is 10.7. The first-order valence-corrected chi connectivity index (χ1v) is 23.9. The van der Waals surface area contributed by atoms with Crippen LogP contribution in [0.3, 0.4) is 0 Å². The highest BCUT2D eigenvalue weighted by molar-refractivity contribution is 5.96. The van der Waals surface area contributed by atoms with Crippen molar-refractivity contribution in [2.24, 2.45) is 0 Å². The fourth-order valence-electron chi connectivity index (χ4n) is 10.7. The molecule has 1 atom stereocenters. The molecule has 4 nitrogen and oxygen atoms in total. The number of pyridine rings is 2. The normalized spacial score (nSPS) is 13.8. The summed E-state index contributed by atoms with van der Waals surface area (Å²) >= 11 is 0. The summed E-state index contributed by atoms with van der Waals surface area (Å²) in [5, 5.41) is 5.09. The number of anilines is 2. The monoisotopic (exact) mass is 880 g/mol. The molecule has 0 amide bonds. The molecule has 10 aromatic rings. The van der Waals surface area contributed by atoms with Gasteiger partial charge in [0.1, 0.15) is 36.1 Å². The van der Waals surface area contributed by atoms with Crippen LogP contribution in [0.5, 0.6) is 0 Å². The fraction of sp³-hybridized carbons (Fsp3) is 0.125. The van der Waals surface area contributed by atoms with Crippen LogP contribution in [0, 0.1) is 34.1 Å². The first-order valence-electron chi connectivity index (χ1n) is 23.9. The maximum atomic E-state index is 2.44. The van der Waals surface area contributed by atoms with Gasteiger partial charge in [-0.15, -0.1) is 0 Å². The topological polar surface area (TPSA) is 14.2 Å². The van der Waals surface area contributed by atoms with E-state index < -0.39 is 0 Å². The van der Waals surface area contributed by atoms with Crippen molar-refractivity contribution in [3.05, 3.63) is 265 Å². The Morgan fingerprint density at radius 3 is 1.71 bits per heavy atom. The average Bonchev–Trinajstić information content (AvgIpc) is 3.99. The van der Waals surface area contributed by atoms with Crippen LogP contribution in [-0.4, -0.2) is 0 Å². The molecular weight excluding hydrogens is 825 g/mol. The molecular formula is C64H56N4. The lowest BCUT2D eigenvalue weighted by Gasteiger charge is -2.28. The number of aromatic nitrogens is 2. The summed E-state index contributed by atoms with van der Waals surface area (Å²) in [5.41, 5.74) is 19.1. The highest BCUT2D eigenvalue weighted by Crippen LogP contribution is 2.42. The molecule has 0 bridgehead atoms. The average molecular weight is 881 g/mol. The Kier molecular flexibility index (Phi) is 11.2. The number of fused-ring (bicyclic) bond motifs is 4. The molecule has 2 aliphatic rings. The Morgan fingerprint density at radius 2 is 1.04 bits per heavy atom. The molecule has 0 fully saturated rings. The molecule has 0 N–H and O–H groups in total. The molecule has 0 radical (unpaired) electrons. The standard InChI is InChI=1S/C38H32N2.C26H24N2/c1-27(2)28-22-24-31(25-23-28)39-26-40-36(34-19-10-15-30-14-6-7-16-32(30)34)20-11-21-37(40)38(39)35-18-9-8-17-33(35)29-12-4-3-5-13-29;1-18-14-19(2)26(20(3)15-18)27-16-22-10-7-13-25(28(22)17-27)24-12-6-9-21-8-4-5-11-23(21)24/h3-27,38H,1-2H3;4-15,17H,16H2,1-3H3. The van der Waals surface area contributed by atoms with Crippen molar-refractivity contribution in [2.75, 3.05) is 9.80 Å². The quantitative estimate of drug-likeness (QED) is 0.117. The van der Waals surface area contributed by atoms with Crippen molar-refractivity contribution < 1.29 is 9.13 Å². The Hall–Kier alpha value is -8.08. The molecule has 68 heavy (non-hydrogen) atoms. The third-order valence-electron chi connectivity index (χ3n) is 13.8. The molecule has 2 aliphatic heterocycles. The molecule has 0 aliphatic carbocycles. The lowest BCUT2D eigenvalue weighted by Crippen LogP contribution is -2.37. The molecule has 12 rings (SSSR count). The Balaban J connectivity index is 0.000000159. The van der Waals surface area contributed by atoms with E-state index in [4.69, 9.17) is 0 Å². The van der Waals surface area contributed by atoms with Crippen LogP contribution in [0.1, 0.15) is 65.0 Å². The van der Waals surface area contributed by atoms with Crippen LogP contribution >= 0.6 is 0 Å². The van der Waals surface area contributed by atoms with E-state index in [1.165, 1.54) is 106 Å². The first-order chi connectivity index (χ1) is 33.3. The van der Waals surface area contributed by atoms with E-state index in [1.807, 2.05) is 0 Å². The second kappa shape index (κ2) is 18.0. The van der Waals surface area contributed by atoms with Crippen LogP contribution in [-0.2, 0) is 6.54 Å². The van der Waals surface area contributed by atoms with E-state index in [2.05, 4.69) is 279 Å². The van der Waals surface area contributed by atoms with Crippen LogP contribution < -0.4 is 18.9 Å². The predicted molar refractivity (Wildman–Crippen MR) is 282 cm³/mol. The van der Waals surface area contributed by atoms with Crippen molar-refractivity contribution >= 4 is 32.9 Å². The largest absolute Gasteiger partial charge is 0.348 e. The van der Waals surface area contributed by atoms with E-state index in [9.17, 15) is 0 Å². The SMILES string of the molecule is CC(C)c1ccc(N2[CH-][n+]3c(-c4cccc5ccccc45)cccc3C2c2ccccc2-c2ccccc2)cc1.Cc1cc(C)c(N2[CH-][n+]3c(cccc3-c3cccc4ccccc34)C2)c(C)c1. The predicted octanol–water partition coefficient (Wildman–Crippen LogP) is 14.9. The number of hydrogen-bond acceptors (Lipinski definition) is 2. The van der Waals surface area contributed by atoms with Gasteiger partial charge < -0.3 is 18.9 Å². The Morgan fingerprint density at radius 1 is 0.500 bits per heavy atom. The minimum absolute atomic E-state index is 0.0243. The molecule has 4 heteroatoms. The summed E-state index contributed by atoms with van der Waals surface area (Å²) in [6, 6.07) is 77.0. The summed E-state index contributed by atoms with van der Waals surface area (Å²) in [6.07, 6.45) is 0. The van der Waals surface area contributed by atoms with Gasteiger partial charge in [-0.2, -0.15) is 0 Å². The van der Waals surface area contributed by atoms with Crippen molar-refractivity contribution in [1.82, 2.24) is 0 Å². The van der Waals surface area contributed by atoms with E-state index in [0.29, 0.717) is 5.92 Å². The smallest absolute Gasteiger partial charge is 0.145 e. The van der Waals surface area contributed by atoms with Crippen molar-refractivity contribution in [3.8, 4) is 33.6 Å². The lowest BCUT2D eigenvalue weighted by atomic mass is 9.92. The zero-order chi connectivity index (χ0) is 46.3. The number of aryl methyl sites for hydroxylation is 3. The second-order valence-corrected chi connectivity index (χ2v) is 18.6. The van der Waals surface area contributed by atoms with E-state index in [1.54, 1.807) is 0 Å². The Bertz CT molecular complexity index is 3430. The Labute approximate surface area is 401 Å². The summed E-state index contributed by atoms with van der Waals surface area (Å²) in [6.45, 7) is 16.5. The van der Waals surface area contributed by atoms with Gasteiger partial charge >= 0.3 is 0 Å². The van der Waals surface area contributed by atoms with Gasteiger partial charge in [-0.1, -0.05) is 201 Å². The number of hydrogen-bond donors (Lipinski definition) is 0. The van der Waals surface area contributed by atoms with Gasteiger partial charge in [-0.05, 0) is 123 Å². The molecule has 0 spiro atoms. The zero-order valence-corrected chi connectivity index (χ0v) is 39.5. The summed E-state index contributed by atoms with van der Waals surface area (Å²) < 4.78 is 4.74. The lowest BCUT2D eigenvalue weighted by molar-refractivity contribution is -0.619. The molecule has 1 unspecified atom stereocenters. The van der Waals surface area contributed by atoms with Gasteiger partial charge in [0, 0.05) is 11.4 Å². The number of nitrogens with zero attached hydrogens (tertiary/aromatic N) is 4. The van der Waals surface area contributed by atoms with Crippen LogP contribution in [0.25, 0.3) is 55.2 Å². The van der Waals surface area contributed by atoms with Crippen molar-refractivity contribution in [1.29, 1.82) is 0 Å². The summed E-state index contributed by atoms with van der Waals surface area (Å²) in [7, 11) is 0. The maximum Gasteiger partial charge on any atom is 0.145 e. The molecule has 8 aromatic carbocycles. The number of rotatable bonds is 7. The summed E-state index contributed by atoms with van der Waals surface area (Å²) in [4.78, 5) is 4.82. The van der Waals surface area contributed by atoms with Gasteiger partial charge in [0.2, 0.25) is 0 Å². The van der Waals surface area contributed by atoms with Crippen molar-refractivity contribution in [2.45, 2.75) is 53.1 Å². The zero-order valence-electron chi connectivity index (χ0n) is 39.5. The van der Waals surface area contributed by atoms with Crippen LogP contribution in [0.15, 0.2) is 212 Å². The first kappa shape index (κ1) is 42.5. The van der Waals surface area contributed by atoms with Gasteiger partial charge in [0.25, 0.3) is 0 Å². The molecule has 0 saturated heterocycles. The molecule has 0 saturated carbocycles. The summed E-state index contributed by atoms with van der Waals surface area (Å²) in [5.74, 6) is 0.496. The highest BCUT2D eigenvalue weighted by atomic mass is 15.3. The van der Waals surface area contributed by atoms with E-state index >= 15 is 0 Å². The molecule has 4 heterocycles. The van der Waals surface area contributed by atoms with Gasteiger partial charge in [0.05, 0.1) is 12.6 Å². The van der Waals surface area contributed by atoms with Crippen LogP contribution in [0.2, 0.25) is 0 Å². The highest BCUT2D eigenvalue weighted by Gasteiger charge is 2.36. The minimum atomic E-state index is 0.0243. The number of benzene rings is 8. The van der Waals surface area contributed by atoms with Gasteiger partial charge in [0.15, 0.2) is 0 Å². The maximum absolute atomic E-state index is 2.44. The van der Waals surface area contributed by atoms with E-state index in [-0.39, 0.29) is 6.04 Å². The third kappa shape index (κ3) is 7.82. The molecule has 332 valence electrons. The van der Waals surface area contributed by atoms with Crippen LogP contribution in [0.4, 0.5) is 11.4 Å². The van der Waals surface area contributed by atoms with E-state index in [0.717, 1.165) is 6.54 Å². The van der Waals surface area contributed by atoms with Crippen molar-refractivity contribution in [3.63, 3.8) is 0 Å². The van der Waals surface area contributed by atoms with Gasteiger partial charge in [-0.3, -0.25) is 0 Å². The van der Waals surface area contributed by atoms with Gasteiger partial charge in [-0.25, -0.2) is 0 Å². The minimum Gasteiger partial charge on any atom is -0.348 e. The third-order valence-corrected chi connectivity index (χ3v) is 13.8. The second-order valence-electron chi connectivity index (χ2n) is 18.6. The molecule has 2 aromatic heterocycles.